The van der Waals surface area contributed by atoms with Gasteiger partial charge in [0.1, 0.15) is 17.8 Å². The van der Waals surface area contributed by atoms with Crippen molar-refractivity contribution in [1.29, 1.82) is 0 Å². The average molecular weight is 518 g/mol. The Hall–Kier alpha value is -4.10. The third-order valence-corrected chi connectivity index (χ3v) is 6.68. The molecule has 0 bridgehead atoms. The van der Waals surface area contributed by atoms with Gasteiger partial charge in [-0.25, -0.2) is 32.2 Å². The molecule has 0 aliphatic rings. The van der Waals surface area contributed by atoms with Gasteiger partial charge < -0.3 is 14.1 Å². The summed E-state index contributed by atoms with van der Waals surface area (Å²) < 4.78 is 63.6. The van der Waals surface area contributed by atoms with Gasteiger partial charge in [0, 0.05) is 24.7 Å². The normalized spacial score (nSPS) is 11.7. The van der Waals surface area contributed by atoms with Crippen LogP contribution in [0.15, 0.2) is 60.4 Å². The van der Waals surface area contributed by atoms with Crippen molar-refractivity contribution >= 4 is 32.8 Å². The maximum Gasteiger partial charge on any atom is 0.267 e. The number of nitrogens with zero attached hydrogens (tertiary/aromatic N) is 5. The number of rotatable bonds is 6. The molecular weight excluding hydrogens is 504 g/mol. The monoisotopic (exact) mass is 517 g/mol. The van der Waals surface area contributed by atoms with Gasteiger partial charge in [0.25, 0.3) is 10.0 Å². The Morgan fingerprint density at radius 2 is 1.97 bits per heavy atom. The third kappa shape index (κ3) is 4.04. The zero-order valence-corrected chi connectivity index (χ0v) is 19.3. The van der Waals surface area contributed by atoms with Crippen molar-refractivity contribution in [1.82, 2.24) is 29.3 Å². The molecule has 0 unspecified atom stereocenters. The molecule has 1 aromatic carbocycles. The number of fused-ring (bicyclic) bond motifs is 1. The largest absolute Gasteiger partial charge is 0.480 e. The molecule has 0 saturated carbocycles. The number of halogens is 3. The van der Waals surface area contributed by atoms with Crippen molar-refractivity contribution < 1.29 is 21.9 Å². The zero-order valence-electron chi connectivity index (χ0n) is 17.7. The first-order valence-corrected chi connectivity index (χ1v) is 11.7. The Morgan fingerprint density at radius 3 is 2.71 bits per heavy atom. The molecule has 10 nitrogen and oxygen atoms in total. The van der Waals surface area contributed by atoms with E-state index in [-0.39, 0.29) is 22.2 Å². The molecule has 0 atom stereocenters. The molecular formula is C21H14ClF2N7O3S. The Balaban J connectivity index is 1.56. The second-order valence-corrected chi connectivity index (χ2v) is 9.20. The van der Waals surface area contributed by atoms with E-state index in [0.717, 1.165) is 12.3 Å². The molecule has 5 aromatic rings. The third-order valence-electron chi connectivity index (χ3n) is 5.00. The summed E-state index contributed by atoms with van der Waals surface area (Å²) in [6.45, 7) is 0. The summed E-state index contributed by atoms with van der Waals surface area (Å²) in [6, 6.07) is 3.17. The highest BCUT2D eigenvalue weighted by atomic mass is 35.5. The van der Waals surface area contributed by atoms with Gasteiger partial charge in [-0.1, -0.05) is 11.6 Å². The van der Waals surface area contributed by atoms with E-state index in [1.165, 1.54) is 31.9 Å². The van der Waals surface area contributed by atoms with Gasteiger partial charge in [0.2, 0.25) is 5.88 Å². The molecule has 0 spiro atoms. The molecule has 0 saturated heterocycles. The fraction of sp³-hybridized carbons (Fsp3) is 0.0476. The van der Waals surface area contributed by atoms with Crippen LogP contribution in [0.1, 0.15) is 0 Å². The number of benzene rings is 1. The molecule has 14 heteroatoms. The van der Waals surface area contributed by atoms with Crippen molar-refractivity contribution in [3.63, 3.8) is 0 Å². The fourth-order valence-electron chi connectivity index (χ4n) is 3.42. The average Bonchev–Trinajstić information content (AvgIpc) is 3.50. The highest BCUT2D eigenvalue weighted by Crippen LogP contribution is 2.35. The van der Waals surface area contributed by atoms with Gasteiger partial charge in [-0.15, -0.1) is 0 Å². The minimum Gasteiger partial charge on any atom is -0.480 e. The zero-order chi connectivity index (χ0) is 24.7. The van der Waals surface area contributed by atoms with Gasteiger partial charge in [-0.05, 0) is 12.1 Å². The number of imidazole rings is 2. The number of methoxy groups -OCH3 is 1. The molecule has 0 radical (unpaired) electrons. The molecule has 0 fully saturated rings. The molecule has 0 aliphatic carbocycles. The van der Waals surface area contributed by atoms with E-state index in [2.05, 4.69) is 29.6 Å². The molecule has 4 heterocycles. The van der Waals surface area contributed by atoms with E-state index in [9.17, 15) is 12.8 Å². The van der Waals surface area contributed by atoms with Crippen LogP contribution in [0.3, 0.4) is 0 Å². The van der Waals surface area contributed by atoms with E-state index in [0.29, 0.717) is 23.1 Å². The predicted octanol–water partition coefficient (Wildman–Crippen LogP) is 3.92. The van der Waals surface area contributed by atoms with Crippen LogP contribution in [0.2, 0.25) is 5.02 Å². The number of aromatic nitrogens is 6. The van der Waals surface area contributed by atoms with Gasteiger partial charge in [0.15, 0.2) is 16.5 Å². The second kappa shape index (κ2) is 8.60. The van der Waals surface area contributed by atoms with Crippen LogP contribution in [-0.2, 0) is 10.0 Å². The molecule has 2 N–H and O–H groups in total. The lowest BCUT2D eigenvalue weighted by molar-refractivity contribution is 0.382. The van der Waals surface area contributed by atoms with Crippen molar-refractivity contribution in [2.75, 3.05) is 11.8 Å². The molecule has 178 valence electrons. The van der Waals surface area contributed by atoms with E-state index in [4.69, 9.17) is 16.3 Å². The minimum atomic E-state index is -4.48. The highest BCUT2D eigenvalue weighted by Gasteiger charge is 2.25. The van der Waals surface area contributed by atoms with E-state index >= 15 is 4.39 Å². The predicted molar refractivity (Wildman–Crippen MR) is 123 cm³/mol. The lowest BCUT2D eigenvalue weighted by Gasteiger charge is -2.14. The van der Waals surface area contributed by atoms with Crippen molar-refractivity contribution in [2.24, 2.45) is 0 Å². The van der Waals surface area contributed by atoms with Crippen molar-refractivity contribution in [3.8, 4) is 28.7 Å². The van der Waals surface area contributed by atoms with Crippen LogP contribution in [0, 0.1) is 11.6 Å². The molecule has 0 aliphatic heterocycles. The topological polar surface area (TPSA) is 127 Å². The molecule has 35 heavy (non-hydrogen) atoms. The minimum absolute atomic E-state index is 0.00586. The lowest BCUT2D eigenvalue weighted by Crippen LogP contribution is -2.16. The Labute approximate surface area is 201 Å². The van der Waals surface area contributed by atoms with E-state index in [1.807, 2.05) is 0 Å². The van der Waals surface area contributed by atoms with Crippen molar-refractivity contribution in [2.45, 2.75) is 4.90 Å². The van der Waals surface area contributed by atoms with E-state index in [1.54, 1.807) is 16.8 Å². The van der Waals surface area contributed by atoms with Gasteiger partial charge in [0.05, 0.1) is 47.0 Å². The number of pyridine rings is 1. The molecule has 5 rings (SSSR count). The number of aromatic amines is 1. The van der Waals surface area contributed by atoms with Crippen LogP contribution in [0.25, 0.3) is 28.3 Å². The number of ether oxygens (including phenoxy) is 1. The Morgan fingerprint density at radius 1 is 1.14 bits per heavy atom. The number of anilines is 1. The second-order valence-electron chi connectivity index (χ2n) is 7.15. The lowest BCUT2D eigenvalue weighted by atomic mass is 10.1. The summed E-state index contributed by atoms with van der Waals surface area (Å²) in [5.41, 5.74) is 0.683. The quantitative estimate of drug-likeness (QED) is 0.349. The first-order valence-electron chi connectivity index (χ1n) is 9.81. The van der Waals surface area contributed by atoms with Gasteiger partial charge >= 0.3 is 0 Å². The van der Waals surface area contributed by atoms with Crippen LogP contribution < -0.4 is 9.46 Å². The summed E-state index contributed by atoms with van der Waals surface area (Å²) in [7, 11) is -3.30. The van der Waals surface area contributed by atoms with Crippen LogP contribution in [0.5, 0.6) is 5.88 Å². The smallest absolute Gasteiger partial charge is 0.267 e. The first kappa shape index (κ1) is 22.7. The number of sulfonamides is 1. The van der Waals surface area contributed by atoms with Crippen LogP contribution in [-0.4, -0.2) is 44.8 Å². The van der Waals surface area contributed by atoms with E-state index < -0.39 is 32.2 Å². The number of hydrogen-bond donors (Lipinski definition) is 2. The summed E-state index contributed by atoms with van der Waals surface area (Å²) in [5, 5.41) is -0.00586. The highest BCUT2D eigenvalue weighted by molar-refractivity contribution is 7.92. The summed E-state index contributed by atoms with van der Waals surface area (Å²) in [6.07, 6.45) is 8.50. The summed E-state index contributed by atoms with van der Waals surface area (Å²) in [5.74, 6) is -1.71. The maximum absolute atomic E-state index is 15.5. The standard InChI is InChI=1S/C21H14ClF2N7O3S/c1-34-21-16(6-11(23)7-28-21)35(32,33)30-13-3-2-12(22)17(18(13)24)14-9-31-10-29-19(15(31)8-27-14)20-25-4-5-26-20/h2-10,30H,1H3,(H,25,26). The fourth-order valence-corrected chi connectivity index (χ4v) is 4.86. The maximum atomic E-state index is 15.5. The Bertz CT molecular complexity index is 1670. The SMILES string of the molecule is COc1ncc(F)cc1S(=O)(=O)Nc1ccc(Cl)c(-c2cn3cnc(-c4ncc[nH]4)c3cn2)c1F. The van der Waals surface area contributed by atoms with Gasteiger partial charge in [-0.3, -0.25) is 9.71 Å². The van der Waals surface area contributed by atoms with Crippen molar-refractivity contribution in [3.05, 3.63) is 72.2 Å². The molecule has 0 amide bonds. The number of hydrogen-bond acceptors (Lipinski definition) is 7. The summed E-state index contributed by atoms with van der Waals surface area (Å²) in [4.78, 5) is 18.7. The Kier molecular flexibility index (Phi) is 5.57. The number of nitrogens with one attached hydrogen (secondary N) is 2. The van der Waals surface area contributed by atoms with Crippen LogP contribution >= 0.6 is 11.6 Å². The van der Waals surface area contributed by atoms with Gasteiger partial charge in [-0.2, -0.15) is 0 Å². The summed E-state index contributed by atoms with van der Waals surface area (Å²) >= 11 is 6.25. The van der Waals surface area contributed by atoms with Crippen LogP contribution in [0.4, 0.5) is 14.5 Å². The molecule has 4 aromatic heterocycles. The number of H-pyrrole nitrogens is 1. The first-order chi connectivity index (χ1) is 16.8.